The summed E-state index contributed by atoms with van der Waals surface area (Å²) in [6, 6.07) is 15.4. The summed E-state index contributed by atoms with van der Waals surface area (Å²) < 4.78 is 5.83. The molecular weight excluding hydrogens is 414 g/mol. The summed E-state index contributed by atoms with van der Waals surface area (Å²) >= 11 is 0. The van der Waals surface area contributed by atoms with Crippen LogP contribution in [0.5, 0.6) is 0 Å². The molecule has 0 spiro atoms. The lowest BCUT2D eigenvalue weighted by atomic mass is 10.0. The van der Waals surface area contributed by atoms with Crippen LogP contribution in [-0.2, 0) is 4.79 Å². The van der Waals surface area contributed by atoms with Crippen molar-refractivity contribution in [2.75, 3.05) is 7.05 Å². The first-order valence-electron chi connectivity index (χ1n) is 12.1. The summed E-state index contributed by atoms with van der Waals surface area (Å²) in [6.07, 6.45) is 8.19. The normalized spacial score (nSPS) is 20.9. The minimum Gasteiger partial charge on any atom is -0.436 e. The van der Waals surface area contributed by atoms with Gasteiger partial charge in [0.15, 0.2) is 5.58 Å². The van der Waals surface area contributed by atoms with E-state index in [4.69, 9.17) is 4.42 Å². The van der Waals surface area contributed by atoms with Gasteiger partial charge in [-0.2, -0.15) is 0 Å². The van der Waals surface area contributed by atoms with Gasteiger partial charge in [-0.15, -0.1) is 0 Å². The number of rotatable bonds is 6. The molecule has 3 aromatic rings. The molecule has 2 atom stereocenters. The Kier molecular flexibility index (Phi) is 6.16. The lowest BCUT2D eigenvalue weighted by Gasteiger charge is -2.25. The predicted molar refractivity (Wildman–Crippen MR) is 128 cm³/mol. The molecule has 0 aliphatic heterocycles. The number of benzene rings is 2. The second kappa shape index (κ2) is 9.38. The summed E-state index contributed by atoms with van der Waals surface area (Å²) in [4.78, 5) is 31.8. The molecule has 1 N–H and O–H groups in total. The van der Waals surface area contributed by atoms with Gasteiger partial charge in [-0.25, -0.2) is 4.98 Å². The van der Waals surface area contributed by atoms with E-state index in [1.165, 1.54) is 25.7 Å². The molecule has 6 heteroatoms. The van der Waals surface area contributed by atoms with Gasteiger partial charge in [0.25, 0.3) is 5.91 Å². The van der Waals surface area contributed by atoms with E-state index < -0.39 is 0 Å². The molecule has 1 aromatic heterocycles. The van der Waals surface area contributed by atoms with Gasteiger partial charge in [0.1, 0.15) is 5.52 Å². The third-order valence-corrected chi connectivity index (χ3v) is 7.26. The molecule has 172 valence electrons. The topological polar surface area (TPSA) is 75.4 Å². The molecule has 0 bridgehead atoms. The number of nitrogens with zero attached hydrogens (tertiary/aromatic N) is 2. The highest BCUT2D eigenvalue weighted by molar-refractivity contribution is 5.94. The highest BCUT2D eigenvalue weighted by Gasteiger charge is 2.31. The number of fused-ring (bicyclic) bond motifs is 1. The van der Waals surface area contributed by atoms with Crippen LogP contribution in [0.15, 0.2) is 52.9 Å². The molecule has 0 unspecified atom stereocenters. The fraction of sp³-hybridized carbons (Fsp3) is 0.444. The highest BCUT2D eigenvalue weighted by Crippen LogP contribution is 2.29. The lowest BCUT2D eigenvalue weighted by molar-refractivity contribution is -0.122. The number of carbonyl (C=O) groups excluding carboxylic acids is 2. The van der Waals surface area contributed by atoms with E-state index in [0.717, 1.165) is 35.9 Å². The van der Waals surface area contributed by atoms with Crippen molar-refractivity contribution in [1.29, 1.82) is 0 Å². The second-order valence-electron chi connectivity index (χ2n) is 9.57. The fourth-order valence-corrected chi connectivity index (χ4v) is 5.32. The zero-order chi connectivity index (χ0) is 22.8. The molecule has 1 heterocycles. The van der Waals surface area contributed by atoms with E-state index in [9.17, 15) is 9.59 Å². The van der Waals surface area contributed by atoms with Crippen LogP contribution in [0.1, 0.15) is 61.7 Å². The second-order valence-corrected chi connectivity index (χ2v) is 9.57. The van der Waals surface area contributed by atoms with Crippen molar-refractivity contribution in [2.24, 2.45) is 5.92 Å². The average molecular weight is 446 g/mol. The van der Waals surface area contributed by atoms with Crippen molar-refractivity contribution >= 4 is 22.9 Å². The van der Waals surface area contributed by atoms with Crippen LogP contribution in [0.25, 0.3) is 22.6 Å². The Labute approximate surface area is 194 Å². The molecule has 2 aliphatic carbocycles. The smallest absolute Gasteiger partial charge is 0.253 e. The molecule has 2 amide bonds. The van der Waals surface area contributed by atoms with Gasteiger partial charge >= 0.3 is 0 Å². The number of amides is 2. The molecule has 33 heavy (non-hydrogen) atoms. The third kappa shape index (κ3) is 4.80. The Morgan fingerprint density at radius 3 is 2.55 bits per heavy atom. The van der Waals surface area contributed by atoms with E-state index in [-0.39, 0.29) is 23.9 Å². The van der Waals surface area contributed by atoms with Crippen LogP contribution in [0.3, 0.4) is 0 Å². The minimum absolute atomic E-state index is 0.00190. The van der Waals surface area contributed by atoms with Crippen molar-refractivity contribution in [3.8, 4) is 11.5 Å². The zero-order valence-electron chi connectivity index (χ0n) is 19.1. The van der Waals surface area contributed by atoms with E-state index in [0.29, 0.717) is 23.8 Å². The maximum absolute atomic E-state index is 13.1. The van der Waals surface area contributed by atoms with E-state index in [1.54, 1.807) is 0 Å². The van der Waals surface area contributed by atoms with Crippen LogP contribution in [-0.4, -0.2) is 40.8 Å². The van der Waals surface area contributed by atoms with Gasteiger partial charge in [-0.3, -0.25) is 9.59 Å². The SMILES string of the molecule is CN(C(=O)c1ccc(-c2nc3ccccc3o2)cc1)[C@@H]1CC[C@H](NC(=O)CC2CCCC2)C1. The molecule has 5 rings (SSSR count). The Bertz CT molecular complexity index is 1100. The Balaban J connectivity index is 1.17. The van der Waals surface area contributed by atoms with Crippen LogP contribution >= 0.6 is 0 Å². The lowest BCUT2D eigenvalue weighted by Crippen LogP contribution is -2.38. The van der Waals surface area contributed by atoms with Crippen LogP contribution in [0, 0.1) is 5.92 Å². The molecule has 2 aromatic carbocycles. The largest absolute Gasteiger partial charge is 0.436 e. The van der Waals surface area contributed by atoms with Gasteiger partial charge in [-0.05, 0) is 74.4 Å². The zero-order valence-corrected chi connectivity index (χ0v) is 19.1. The first-order chi connectivity index (χ1) is 16.1. The quantitative estimate of drug-likeness (QED) is 0.567. The average Bonchev–Trinajstić information content (AvgIpc) is 3.59. The summed E-state index contributed by atoms with van der Waals surface area (Å²) in [5, 5.41) is 3.21. The molecule has 0 radical (unpaired) electrons. The minimum atomic E-state index is 0.00190. The van der Waals surface area contributed by atoms with Crippen molar-refractivity contribution in [3.05, 3.63) is 54.1 Å². The highest BCUT2D eigenvalue weighted by atomic mass is 16.3. The number of oxazole rings is 1. The molecule has 0 saturated heterocycles. The molecule has 6 nitrogen and oxygen atoms in total. The van der Waals surface area contributed by atoms with Gasteiger partial charge in [0.05, 0.1) is 0 Å². The van der Waals surface area contributed by atoms with E-state index in [1.807, 2.05) is 60.5 Å². The summed E-state index contributed by atoms with van der Waals surface area (Å²) in [5.74, 6) is 1.29. The van der Waals surface area contributed by atoms with Crippen LogP contribution in [0.2, 0.25) is 0 Å². The maximum atomic E-state index is 13.1. The molecule has 2 aliphatic rings. The monoisotopic (exact) mass is 445 g/mol. The first-order valence-corrected chi connectivity index (χ1v) is 12.1. The summed E-state index contributed by atoms with van der Waals surface area (Å²) in [5.41, 5.74) is 3.06. The summed E-state index contributed by atoms with van der Waals surface area (Å²) in [6.45, 7) is 0. The van der Waals surface area contributed by atoms with Gasteiger partial charge in [0, 0.05) is 36.7 Å². The predicted octanol–water partition coefficient (Wildman–Crippen LogP) is 5.18. The van der Waals surface area contributed by atoms with Crippen molar-refractivity contribution in [2.45, 2.75) is 63.5 Å². The van der Waals surface area contributed by atoms with Crippen molar-refractivity contribution in [3.63, 3.8) is 0 Å². The van der Waals surface area contributed by atoms with Gasteiger partial charge < -0.3 is 14.6 Å². The third-order valence-electron chi connectivity index (χ3n) is 7.26. The molecular formula is C27H31N3O3. The number of hydrogen-bond donors (Lipinski definition) is 1. The van der Waals surface area contributed by atoms with Gasteiger partial charge in [0.2, 0.25) is 11.8 Å². The Morgan fingerprint density at radius 2 is 1.79 bits per heavy atom. The Hall–Kier alpha value is -3.15. The first kappa shape index (κ1) is 21.7. The maximum Gasteiger partial charge on any atom is 0.253 e. The number of aromatic nitrogens is 1. The Morgan fingerprint density at radius 1 is 1.03 bits per heavy atom. The van der Waals surface area contributed by atoms with E-state index >= 15 is 0 Å². The van der Waals surface area contributed by atoms with E-state index in [2.05, 4.69) is 10.3 Å². The number of carbonyl (C=O) groups is 2. The number of hydrogen-bond acceptors (Lipinski definition) is 4. The fourth-order valence-electron chi connectivity index (χ4n) is 5.32. The number of para-hydroxylation sites is 2. The number of nitrogens with one attached hydrogen (secondary N) is 1. The molecule has 2 saturated carbocycles. The summed E-state index contributed by atoms with van der Waals surface area (Å²) in [7, 11) is 1.87. The van der Waals surface area contributed by atoms with Crippen molar-refractivity contribution < 1.29 is 14.0 Å². The molecule has 2 fully saturated rings. The van der Waals surface area contributed by atoms with Crippen molar-refractivity contribution in [1.82, 2.24) is 15.2 Å². The van der Waals surface area contributed by atoms with Crippen LogP contribution in [0.4, 0.5) is 0 Å². The van der Waals surface area contributed by atoms with Gasteiger partial charge in [-0.1, -0.05) is 25.0 Å². The standard InChI is InChI=1S/C27H31N3O3/c1-30(22-15-14-21(17-22)28-25(31)16-18-6-2-3-7-18)27(32)20-12-10-19(11-13-20)26-29-23-8-4-5-9-24(23)33-26/h4-5,8-13,18,21-22H,2-3,6-7,14-17H2,1H3,(H,28,31)/t21-,22+/m0/s1. The van der Waals surface area contributed by atoms with Crippen LogP contribution < -0.4 is 5.32 Å².